The Hall–Kier alpha value is -0.640. The van der Waals surface area contributed by atoms with Crippen LogP contribution in [0, 0.1) is 5.41 Å². The van der Waals surface area contributed by atoms with E-state index in [9.17, 15) is 0 Å². The maximum atomic E-state index is 3.75. The molecule has 0 unspecified atom stereocenters. The summed E-state index contributed by atoms with van der Waals surface area (Å²) in [6.07, 6.45) is 5.37. The van der Waals surface area contributed by atoms with Crippen LogP contribution in [0.25, 0.3) is 10.4 Å². The fourth-order valence-electron chi connectivity index (χ4n) is 2.89. The first-order chi connectivity index (χ1) is 9.62. The quantitative estimate of drug-likeness (QED) is 0.782. The van der Waals surface area contributed by atoms with E-state index >= 15 is 0 Å². The number of nitrogens with one attached hydrogen (secondary N) is 1. The van der Waals surface area contributed by atoms with Gasteiger partial charge in [0.15, 0.2) is 0 Å². The van der Waals surface area contributed by atoms with Gasteiger partial charge < -0.3 is 5.32 Å². The lowest BCUT2D eigenvalue weighted by Gasteiger charge is -2.34. The summed E-state index contributed by atoms with van der Waals surface area (Å²) in [5.41, 5.74) is 1.94. The zero-order valence-corrected chi connectivity index (χ0v) is 13.9. The standard InChI is InChI=1S/C17H23NS2/c1-17(2)7-5-14(6-8-17)18-11-15-10-13(12-20-15)16-4-3-9-19-16/h3-4,9-10,12,14,18H,5-8,11H2,1-2H3. The van der Waals surface area contributed by atoms with E-state index in [1.807, 2.05) is 22.7 Å². The molecule has 0 bridgehead atoms. The average Bonchev–Trinajstić information content (AvgIpc) is 3.08. The lowest BCUT2D eigenvalue weighted by molar-refractivity contribution is 0.206. The molecule has 3 rings (SSSR count). The van der Waals surface area contributed by atoms with Crippen molar-refractivity contribution in [1.82, 2.24) is 5.32 Å². The normalized spacial score (nSPS) is 19.3. The van der Waals surface area contributed by atoms with Crippen molar-refractivity contribution in [1.29, 1.82) is 0 Å². The summed E-state index contributed by atoms with van der Waals surface area (Å²) in [4.78, 5) is 2.84. The number of hydrogen-bond acceptors (Lipinski definition) is 3. The van der Waals surface area contributed by atoms with Gasteiger partial charge in [0.2, 0.25) is 0 Å². The van der Waals surface area contributed by atoms with Crippen LogP contribution in [0.1, 0.15) is 44.4 Å². The summed E-state index contributed by atoms with van der Waals surface area (Å²) in [5.74, 6) is 0. The topological polar surface area (TPSA) is 12.0 Å². The highest BCUT2D eigenvalue weighted by Crippen LogP contribution is 2.35. The van der Waals surface area contributed by atoms with E-state index in [1.54, 1.807) is 0 Å². The fourth-order valence-corrected chi connectivity index (χ4v) is 4.52. The Bertz CT molecular complexity index is 529. The predicted molar refractivity (Wildman–Crippen MR) is 90.5 cm³/mol. The minimum atomic E-state index is 0.563. The van der Waals surface area contributed by atoms with Crippen LogP contribution in [0.4, 0.5) is 0 Å². The van der Waals surface area contributed by atoms with Gasteiger partial charge in [0.25, 0.3) is 0 Å². The first-order valence-electron chi connectivity index (χ1n) is 7.47. The van der Waals surface area contributed by atoms with E-state index in [2.05, 4.69) is 48.1 Å². The third-order valence-corrected chi connectivity index (χ3v) is 6.22. The third-order valence-electron chi connectivity index (χ3n) is 4.36. The van der Waals surface area contributed by atoms with Crippen LogP contribution in [-0.2, 0) is 6.54 Å². The van der Waals surface area contributed by atoms with Gasteiger partial charge in [-0.1, -0.05) is 19.9 Å². The van der Waals surface area contributed by atoms with Gasteiger partial charge in [-0.3, -0.25) is 0 Å². The third kappa shape index (κ3) is 3.51. The number of hydrogen-bond donors (Lipinski definition) is 1. The molecule has 20 heavy (non-hydrogen) atoms. The molecule has 0 spiro atoms. The molecule has 0 radical (unpaired) electrons. The molecule has 2 aromatic rings. The highest BCUT2D eigenvalue weighted by Gasteiger charge is 2.26. The molecule has 2 aromatic heterocycles. The van der Waals surface area contributed by atoms with Gasteiger partial charge in [0.1, 0.15) is 0 Å². The van der Waals surface area contributed by atoms with Crippen LogP contribution in [0.5, 0.6) is 0 Å². The molecular formula is C17H23NS2. The summed E-state index contributed by atoms with van der Waals surface area (Å²) in [6.45, 7) is 5.83. The maximum Gasteiger partial charge on any atom is 0.0351 e. The Morgan fingerprint density at radius 2 is 2.05 bits per heavy atom. The van der Waals surface area contributed by atoms with Crippen molar-refractivity contribution in [3.8, 4) is 10.4 Å². The van der Waals surface area contributed by atoms with Crippen LogP contribution in [0.3, 0.4) is 0 Å². The second-order valence-electron chi connectivity index (χ2n) is 6.60. The first kappa shape index (κ1) is 14.3. The van der Waals surface area contributed by atoms with Crippen molar-refractivity contribution in [2.45, 2.75) is 52.1 Å². The van der Waals surface area contributed by atoms with Crippen LogP contribution < -0.4 is 5.32 Å². The summed E-state index contributed by atoms with van der Waals surface area (Å²) < 4.78 is 0. The van der Waals surface area contributed by atoms with Crippen molar-refractivity contribution in [2.24, 2.45) is 5.41 Å². The lowest BCUT2D eigenvalue weighted by Crippen LogP contribution is -2.34. The molecule has 0 atom stereocenters. The molecule has 1 aliphatic carbocycles. The average molecular weight is 306 g/mol. The summed E-state index contributed by atoms with van der Waals surface area (Å²) in [5, 5.41) is 8.18. The molecule has 108 valence electrons. The second kappa shape index (κ2) is 6.00. The number of thiophene rings is 2. The van der Waals surface area contributed by atoms with Crippen molar-refractivity contribution < 1.29 is 0 Å². The SMILES string of the molecule is CC1(C)CCC(NCc2cc(-c3cccs3)cs2)CC1. The van der Waals surface area contributed by atoms with Crippen LogP contribution in [-0.4, -0.2) is 6.04 Å². The van der Waals surface area contributed by atoms with E-state index in [0.29, 0.717) is 5.41 Å². The Balaban J connectivity index is 1.52. The minimum absolute atomic E-state index is 0.563. The predicted octanol–water partition coefficient (Wildman–Crippen LogP) is 5.54. The smallest absolute Gasteiger partial charge is 0.0351 e. The van der Waals surface area contributed by atoms with Gasteiger partial charge in [0.05, 0.1) is 0 Å². The summed E-state index contributed by atoms with van der Waals surface area (Å²) in [7, 11) is 0. The zero-order chi connectivity index (χ0) is 14.0. The van der Waals surface area contributed by atoms with Gasteiger partial charge in [-0.25, -0.2) is 0 Å². The molecule has 0 aliphatic heterocycles. The van der Waals surface area contributed by atoms with Gasteiger partial charge in [-0.05, 0) is 54.0 Å². The Kier molecular flexibility index (Phi) is 4.29. The van der Waals surface area contributed by atoms with Gasteiger partial charge in [-0.2, -0.15) is 0 Å². The van der Waals surface area contributed by atoms with Crippen molar-refractivity contribution in [3.63, 3.8) is 0 Å². The molecule has 1 aliphatic rings. The Morgan fingerprint density at radius 3 is 2.75 bits per heavy atom. The molecule has 0 aromatic carbocycles. The van der Waals surface area contributed by atoms with E-state index in [0.717, 1.165) is 12.6 Å². The largest absolute Gasteiger partial charge is 0.309 e. The first-order valence-corrected chi connectivity index (χ1v) is 9.23. The minimum Gasteiger partial charge on any atom is -0.309 e. The van der Waals surface area contributed by atoms with Crippen LogP contribution >= 0.6 is 22.7 Å². The Morgan fingerprint density at radius 1 is 1.25 bits per heavy atom. The van der Waals surface area contributed by atoms with Gasteiger partial charge in [0, 0.05) is 27.9 Å². The summed E-state index contributed by atoms with van der Waals surface area (Å²) >= 11 is 3.70. The molecule has 1 saturated carbocycles. The maximum absolute atomic E-state index is 3.75. The van der Waals surface area contributed by atoms with Crippen LogP contribution in [0.2, 0.25) is 0 Å². The fraction of sp³-hybridized carbons (Fsp3) is 0.529. The van der Waals surface area contributed by atoms with Crippen molar-refractivity contribution in [3.05, 3.63) is 33.8 Å². The van der Waals surface area contributed by atoms with E-state index in [4.69, 9.17) is 0 Å². The summed E-state index contributed by atoms with van der Waals surface area (Å²) in [6, 6.07) is 7.39. The van der Waals surface area contributed by atoms with Gasteiger partial charge in [-0.15, -0.1) is 22.7 Å². The van der Waals surface area contributed by atoms with E-state index in [1.165, 1.54) is 41.0 Å². The zero-order valence-electron chi connectivity index (χ0n) is 12.3. The van der Waals surface area contributed by atoms with Gasteiger partial charge >= 0.3 is 0 Å². The van der Waals surface area contributed by atoms with Crippen LogP contribution in [0.15, 0.2) is 29.0 Å². The molecule has 3 heteroatoms. The van der Waals surface area contributed by atoms with Crippen molar-refractivity contribution in [2.75, 3.05) is 0 Å². The van der Waals surface area contributed by atoms with Crippen molar-refractivity contribution >= 4 is 22.7 Å². The second-order valence-corrected chi connectivity index (χ2v) is 8.54. The van der Waals surface area contributed by atoms with E-state index in [-0.39, 0.29) is 0 Å². The Labute approximate surface area is 130 Å². The highest BCUT2D eigenvalue weighted by molar-refractivity contribution is 7.14. The molecule has 0 saturated heterocycles. The molecule has 1 fully saturated rings. The highest BCUT2D eigenvalue weighted by atomic mass is 32.1. The molecular weight excluding hydrogens is 282 g/mol. The van der Waals surface area contributed by atoms with E-state index < -0.39 is 0 Å². The lowest BCUT2D eigenvalue weighted by atomic mass is 9.75. The monoisotopic (exact) mass is 305 g/mol. The molecule has 1 N–H and O–H groups in total. The molecule has 0 amide bonds. The molecule has 1 nitrogen and oxygen atoms in total. The number of rotatable bonds is 4. The molecule has 2 heterocycles.